The van der Waals surface area contributed by atoms with Gasteiger partial charge in [-0.3, -0.25) is 4.79 Å². The molecule has 0 aliphatic rings. The van der Waals surface area contributed by atoms with Gasteiger partial charge in [0, 0.05) is 12.0 Å². The molecule has 0 bridgehead atoms. The van der Waals surface area contributed by atoms with Crippen molar-refractivity contribution in [1.82, 2.24) is 5.32 Å². The number of carbonyl (C=O) groups excluding carboxylic acids is 2. The Morgan fingerprint density at radius 3 is 1.80 bits per heavy atom. The highest BCUT2D eigenvalue weighted by Crippen LogP contribution is 2.31. The standard InChI is InChI=1S/C35H37NO5/c1-35(2,3)29-18-16-28(17-19-29)33(37)36-30(34(38)39-4)21-27-15-20-31(40-23-25-11-7-5-8-12-25)32(22-27)41-24-26-13-9-6-10-14-26/h5-20,22,30H,21,23-24H2,1-4H3,(H,36,37)/t30-/m0/s1. The number of amides is 1. The predicted octanol–water partition coefficient (Wildman–Crippen LogP) is 6.66. The monoisotopic (exact) mass is 551 g/mol. The van der Waals surface area contributed by atoms with E-state index in [1.165, 1.54) is 7.11 Å². The molecule has 6 nitrogen and oxygen atoms in total. The van der Waals surface area contributed by atoms with Crippen LogP contribution >= 0.6 is 0 Å². The average molecular weight is 552 g/mol. The molecule has 0 aromatic heterocycles. The minimum atomic E-state index is -0.882. The van der Waals surface area contributed by atoms with Crippen LogP contribution in [0.4, 0.5) is 0 Å². The fourth-order valence-corrected chi connectivity index (χ4v) is 4.32. The van der Waals surface area contributed by atoms with Gasteiger partial charge in [0.1, 0.15) is 19.3 Å². The van der Waals surface area contributed by atoms with Crippen molar-refractivity contribution in [3.8, 4) is 11.5 Å². The molecule has 1 atom stereocenters. The van der Waals surface area contributed by atoms with E-state index in [0.29, 0.717) is 30.3 Å². The summed E-state index contributed by atoms with van der Waals surface area (Å²) >= 11 is 0. The van der Waals surface area contributed by atoms with Gasteiger partial charge >= 0.3 is 5.97 Å². The molecule has 6 heteroatoms. The molecule has 4 rings (SSSR count). The Kier molecular flexibility index (Phi) is 9.80. The topological polar surface area (TPSA) is 73.9 Å². The normalized spacial score (nSPS) is 11.8. The van der Waals surface area contributed by atoms with Crippen LogP contribution in [0.2, 0.25) is 0 Å². The SMILES string of the molecule is COC(=O)[C@H](Cc1ccc(OCc2ccccc2)c(OCc2ccccc2)c1)NC(=O)c1ccc(C(C)(C)C)cc1. The van der Waals surface area contributed by atoms with Crippen molar-refractivity contribution >= 4 is 11.9 Å². The molecule has 212 valence electrons. The maximum atomic E-state index is 13.1. The van der Waals surface area contributed by atoms with Gasteiger partial charge in [-0.05, 0) is 51.9 Å². The summed E-state index contributed by atoms with van der Waals surface area (Å²) < 4.78 is 17.3. The summed E-state index contributed by atoms with van der Waals surface area (Å²) in [6, 6.07) is 31.9. The summed E-state index contributed by atoms with van der Waals surface area (Å²) in [5.41, 5.74) is 4.41. The van der Waals surface area contributed by atoms with Crippen molar-refractivity contribution in [3.05, 3.63) is 131 Å². The fourth-order valence-electron chi connectivity index (χ4n) is 4.32. The second-order valence-electron chi connectivity index (χ2n) is 10.9. The second-order valence-corrected chi connectivity index (χ2v) is 10.9. The lowest BCUT2D eigenvalue weighted by atomic mass is 9.86. The minimum absolute atomic E-state index is 0.0270. The van der Waals surface area contributed by atoms with Crippen LogP contribution in [0.25, 0.3) is 0 Å². The first-order valence-corrected chi connectivity index (χ1v) is 13.7. The molecule has 41 heavy (non-hydrogen) atoms. The molecule has 0 heterocycles. The van der Waals surface area contributed by atoms with Gasteiger partial charge in [0.05, 0.1) is 7.11 Å². The van der Waals surface area contributed by atoms with Gasteiger partial charge < -0.3 is 19.5 Å². The highest BCUT2D eigenvalue weighted by Gasteiger charge is 2.24. The predicted molar refractivity (Wildman–Crippen MR) is 160 cm³/mol. The van der Waals surface area contributed by atoms with E-state index < -0.39 is 12.0 Å². The summed E-state index contributed by atoms with van der Waals surface area (Å²) in [6.45, 7) is 7.09. The summed E-state index contributed by atoms with van der Waals surface area (Å²) in [6.07, 6.45) is 0.221. The number of ether oxygens (including phenoxy) is 3. The Morgan fingerprint density at radius 2 is 1.27 bits per heavy atom. The molecule has 0 radical (unpaired) electrons. The molecule has 0 saturated carbocycles. The molecule has 1 amide bonds. The van der Waals surface area contributed by atoms with E-state index in [1.54, 1.807) is 12.1 Å². The molecule has 0 unspecified atom stereocenters. The number of benzene rings is 4. The number of carbonyl (C=O) groups is 2. The maximum Gasteiger partial charge on any atom is 0.328 e. The van der Waals surface area contributed by atoms with Crippen LogP contribution in [0.3, 0.4) is 0 Å². The number of nitrogens with one attached hydrogen (secondary N) is 1. The third-order valence-electron chi connectivity index (χ3n) is 6.73. The summed E-state index contributed by atoms with van der Waals surface area (Å²) in [5, 5.41) is 2.84. The molecule has 4 aromatic carbocycles. The molecule has 0 fully saturated rings. The first kappa shape index (κ1) is 29.4. The van der Waals surface area contributed by atoms with E-state index in [-0.39, 0.29) is 17.7 Å². The van der Waals surface area contributed by atoms with Gasteiger partial charge in [0.2, 0.25) is 0 Å². The first-order chi connectivity index (χ1) is 19.7. The van der Waals surface area contributed by atoms with E-state index >= 15 is 0 Å². The summed E-state index contributed by atoms with van der Waals surface area (Å²) in [7, 11) is 1.31. The van der Waals surface area contributed by atoms with Crippen molar-refractivity contribution in [1.29, 1.82) is 0 Å². The second kappa shape index (κ2) is 13.7. The van der Waals surface area contributed by atoms with Gasteiger partial charge in [-0.15, -0.1) is 0 Å². The van der Waals surface area contributed by atoms with E-state index in [0.717, 1.165) is 22.3 Å². The minimum Gasteiger partial charge on any atom is -0.485 e. The van der Waals surface area contributed by atoms with Crippen LogP contribution < -0.4 is 14.8 Å². The lowest BCUT2D eigenvalue weighted by Gasteiger charge is -2.20. The van der Waals surface area contributed by atoms with Crippen molar-refractivity contribution in [2.75, 3.05) is 7.11 Å². The van der Waals surface area contributed by atoms with Gasteiger partial charge in [-0.1, -0.05) is 99.6 Å². The van der Waals surface area contributed by atoms with E-state index in [2.05, 4.69) is 26.1 Å². The molecule has 0 spiro atoms. The van der Waals surface area contributed by atoms with Crippen molar-refractivity contribution < 1.29 is 23.8 Å². The Balaban J connectivity index is 1.52. The van der Waals surface area contributed by atoms with Gasteiger partial charge in [0.25, 0.3) is 5.91 Å². The number of esters is 1. The zero-order chi connectivity index (χ0) is 29.2. The third-order valence-corrected chi connectivity index (χ3v) is 6.73. The molecule has 0 aliphatic carbocycles. The highest BCUT2D eigenvalue weighted by molar-refractivity contribution is 5.96. The first-order valence-electron chi connectivity index (χ1n) is 13.7. The number of rotatable bonds is 11. The summed E-state index contributed by atoms with van der Waals surface area (Å²) in [5.74, 6) is 0.270. The quantitative estimate of drug-likeness (QED) is 0.211. The number of methoxy groups -OCH3 is 1. The van der Waals surface area contributed by atoms with Crippen LogP contribution in [0.1, 0.15) is 53.4 Å². The number of hydrogen-bond donors (Lipinski definition) is 1. The van der Waals surface area contributed by atoms with Crippen molar-refractivity contribution in [2.45, 2.75) is 51.9 Å². The largest absolute Gasteiger partial charge is 0.485 e. The van der Waals surface area contributed by atoms with Gasteiger partial charge in [-0.2, -0.15) is 0 Å². The van der Waals surface area contributed by atoms with E-state index in [9.17, 15) is 9.59 Å². The Labute approximate surface area is 242 Å². The lowest BCUT2D eigenvalue weighted by Crippen LogP contribution is -2.43. The van der Waals surface area contributed by atoms with Crippen LogP contribution in [0.15, 0.2) is 103 Å². The zero-order valence-corrected chi connectivity index (χ0v) is 24.1. The Bertz CT molecular complexity index is 1430. The third kappa shape index (κ3) is 8.45. The van der Waals surface area contributed by atoms with Crippen LogP contribution in [0.5, 0.6) is 11.5 Å². The van der Waals surface area contributed by atoms with Gasteiger partial charge in [0.15, 0.2) is 11.5 Å². The van der Waals surface area contributed by atoms with Gasteiger partial charge in [-0.25, -0.2) is 4.79 Å². The smallest absolute Gasteiger partial charge is 0.328 e. The lowest BCUT2D eigenvalue weighted by molar-refractivity contribution is -0.142. The zero-order valence-electron chi connectivity index (χ0n) is 24.1. The Morgan fingerprint density at radius 1 is 0.707 bits per heavy atom. The average Bonchev–Trinajstić information content (AvgIpc) is 2.99. The van der Waals surface area contributed by atoms with Crippen molar-refractivity contribution in [3.63, 3.8) is 0 Å². The van der Waals surface area contributed by atoms with Crippen LogP contribution in [-0.2, 0) is 34.6 Å². The summed E-state index contributed by atoms with van der Waals surface area (Å²) in [4.78, 5) is 25.8. The van der Waals surface area contributed by atoms with E-state index in [4.69, 9.17) is 14.2 Å². The molecule has 4 aromatic rings. The van der Waals surface area contributed by atoms with Crippen molar-refractivity contribution in [2.24, 2.45) is 0 Å². The Hall–Kier alpha value is -4.58. The van der Waals surface area contributed by atoms with E-state index in [1.807, 2.05) is 91.0 Å². The van der Waals surface area contributed by atoms with Crippen LogP contribution in [0, 0.1) is 0 Å². The highest BCUT2D eigenvalue weighted by atomic mass is 16.5. The molecule has 1 N–H and O–H groups in total. The van der Waals surface area contributed by atoms with Crippen LogP contribution in [-0.4, -0.2) is 25.0 Å². The number of hydrogen-bond acceptors (Lipinski definition) is 5. The molecular weight excluding hydrogens is 514 g/mol. The molecular formula is C35H37NO5. The molecule has 0 aliphatic heterocycles. The fraction of sp³-hybridized carbons (Fsp3) is 0.257. The molecule has 0 saturated heterocycles. The maximum absolute atomic E-state index is 13.1.